The van der Waals surface area contributed by atoms with Gasteiger partial charge >= 0.3 is 6.61 Å². The number of rotatable bonds is 7. The third kappa shape index (κ3) is 5.16. The fourth-order valence-electron chi connectivity index (χ4n) is 2.60. The molecular weight excluding hydrogens is 382 g/mol. The lowest BCUT2D eigenvalue weighted by atomic mass is 10.1. The zero-order valence-corrected chi connectivity index (χ0v) is 15.4. The molecule has 1 aromatic heterocycles. The zero-order valence-electron chi connectivity index (χ0n) is 15.4. The molecular formula is C20H18F2N4O3. The quantitative estimate of drug-likeness (QED) is 0.629. The molecule has 1 heterocycles. The van der Waals surface area contributed by atoms with Gasteiger partial charge in [0.15, 0.2) is 0 Å². The monoisotopic (exact) mass is 400 g/mol. The molecule has 0 radical (unpaired) electrons. The standard InChI is InChI=1S/C20H18F2N4O3/c1-13(26-11-5-10-23-26)18(27)24-14-6-4-7-15(12-14)25-19(28)16-8-2-3-9-17(16)29-20(21)22/h2-13,20H,1H3,(H,24,27)(H,25,28). The summed E-state index contributed by atoms with van der Waals surface area (Å²) in [6.45, 7) is -1.34. The number of nitrogens with one attached hydrogen (secondary N) is 2. The molecule has 0 saturated heterocycles. The largest absolute Gasteiger partial charge is 0.434 e. The van der Waals surface area contributed by atoms with E-state index in [2.05, 4.69) is 20.5 Å². The molecule has 1 unspecified atom stereocenters. The molecule has 2 aromatic carbocycles. The molecule has 3 rings (SSSR count). The number of halogens is 2. The van der Waals surface area contributed by atoms with Crippen LogP contribution in [0.1, 0.15) is 23.3 Å². The van der Waals surface area contributed by atoms with E-state index in [1.807, 2.05) is 0 Å². The summed E-state index contributed by atoms with van der Waals surface area (Å²) in [5, 5.41) is 9.39. The van der Waals surface area contributed by atoms with Crippen LogP contribution in [0.15, 0.2) is 67.0 Å². The number of carbonyl (C=O) groups excluding carboxylic acids is 2. The molecule has 0 saturated carbocycles. The zero-order chi connectivity index (χ0) is 20.8. The average molecular weight is 400 g/mol. The maximum Gasteiger partial charge on any atom is 0.387 e. The first-order chi connectivity index (χ1) is 13.9. The maximum absolute atomic E-state index is 12.5. The summed E-state index contributed by atoms with van der Waals surface area (Å²) in [5.74, 6) is -1.13. The van der Waals surface area contributed by atoms with Gasteiger partial charge in [0.1, 0.15) is 11.8 Å². The first-order valence-electron chi connectivity index (χ1n) is 8.69. The highest BCUT2D eigenvalue weighted by Gasteiger charge is 2.17. The van der Waals surface area contributed by atoms with Gasteiger partial charge < -0.3 is 15.4 Å². The van der Waals surface area contributed by atoms with E-state index in [4.69, 9.17) is 0 Å². The third-order valence-electron chi connectivity index (χ3n) is 4.04. The highest BCUT2D eigenvalue weighted by Crippen LogP contribution is 2.23. The van der Waals surface area contributed by atoms with Crippen molar-refractivity contribution >= 4 is 23.2 Å². The average Bonchev–Trinajstić information content (AvgIpc) is 3.22. The lowest BCUT2D eigenvalue weighted by Crippen LogP contribution is -2.24. The van der Waals surface area contributed by atoms with E-state index < -0.39 is 18.6 Å². The molecule has 0 aliphatic rings. The molecule has 0 fully saturated rings. The number of para-hydroxylation sites is 1. The summed E-state index contributed by atoms with van der Waals surface area (Å²) in [5.41, 5.74) is 0.810. The van der Waals surface area contributed by atoms with Crippen molar-refractivity contribution < 1.29 is 23.1 Å². The van der Waals surface area contributed by atoms with Crippen LogP contribution >= 0.6 is 0 Å². The second-order valence-electron chi connectivity index (χ2n) is 6.06. The van der Waals surface area contributed by atoms with E-state index in [0.29, 0.717) is 11.4 Å². The number of hydrogen-bond donors (Lipinski definition) is 2. The molecule has 2 N–H and O–H groups in total. The van der Waals surface area contributed by atoms with Crippen molar-refractivity contribution in [2.75, 3.05) is 10.6 Å². The minimum absolute atomic E-state index is 0.0328. The minimum atomic E-state index is -3.04. The van der Waals surface area contributed by atoms with E-state index in [1.54, 1.807) is 55.7 Å². The number of hydrogen-bond acceptors (Lipinski definition) is 4. The van der Waals surface area contributed by atoms with Crippen LogP contribution in [-0.2, 0) is 4.79 Å². The molecule has 0 aliphatic heterocycles. The van der Waals surface area contributed by atoms with Crippen LogP contribution in [0.25, 0.3) is 0 Å². The van der Waals surface area contributed by atoms with Gasteiger partial charge in [0.2, 0.25) is 5.91 Å². The lowest BCUT2D eigenvalue weighted by Gasteiger charge is -2.14. The highest BCUT2D eigenvalue weighted by atomic mass is 19.3. The van der Waals surface area contributed by atoms with Crippen molar-refractivity contribution in [2.24, 2.45) is 0 Å². The Morgan fingerprint density at radius 3 is 2.45 bits per heavy atom. The Kier molecular flexibility index (Phi) is 6.18. The van der Waals surface area contributed by atoms with Gasteiger partial charge in [-0.2, -0.15) is 13.9 Å². The SMILES string of the molecule is CC(C(=O)Nc1cccc(NC(=O)c2ccccc2OC(F)F)c1)n1cccn1. The summed E-state index contributed by atoms with van der Waals surface area (Å²) in [4.78, 5) is 24.8. The van der Waals surface area contributed by atoms with Crippen molar-refractivity contribution in [1.82, 2.24) is 9.78 Å². The van der Waals surface area contributed by atoms with E-state index in [-0.39, 0.29) is 17.2 Å². The van der Waals surface area contributed by atoms with Crippen LogP contribution in [0.2, 0.25) is 0 Å². The third-order valence-corrected chi connectivity index (χ3v) is 4.04. The second kappa shape index (κ2) is 8.96. The number of nitrogens with zero attached hydrogens (tertiary/aromatic N) is 2. The molecule has 0 spiro atoms. The molecule has 0 bridgehead atoms. The first-order valence-corrected chi connectivity index (χ1v) is 8.69. The van der Waals surface area contributed by atoms with E-state index >= 15 is 0 Å². The minimum Gasteiger partial charge on any atom is -0.434 e. The van der Waals surface area contributed by atoms with Gasteiger partial charge in [-0.05, 0) is 43.3 Å². The Balaban J connectivity index is 1.70. The van der Waals surface area contributed by atoms with Crippen LogP contribution in [0.3, 0.4) is 0 Å². The molecule has 2 amide bonds. The van der Waals surface area contributed by atoms with Crippen molar-refractivity contribution in [3.05, 3.63) is 72.6 Å². The number of amides is 2. The van der Waals surface area contributed by atoms with Crippen molar-refractivity contribution in [1.29, 1.82) is 0 Å². The maximum atomic E-state index is 12.5. The second-order valence-corrected chi connectivity index (χ2v) is 6.06. The summed E-state index contributed by atoms with van der Waals surface area (Å²) >= 11 is 0. The molecule has 7 nitrogen and oxygen atoms in total. The van der Waals surface area contributed by atoms with E-state index in [9.17, 15) is 18.4 Å². The van der Waals surface area contributed by atoms with Gasteiger partial charge in [-0.25, -0.2) is 0 Å². The molecule has 9 heteroatoms. The first kappa shape index (κ1) is 20.0. The number of alkyl halides is 2. The van der Waals surface area contributed by atoms with Crippen LogP contribution in [0.4, 0.5) is 20.2 Å². The van der Waals surface area contributed by atoms with Crippen LogP contribution < -0.4 is 15.4 Å². The Bertz CT molecular complexity index is 993. The van der Waals surface area contributed by atoms with Crippen LogP contribution in [-0.4, -0.2) is 28.2 Å². The Morgan fingerprint density at radius 2 is 1.76 bits per heavy atom. The normalized spacial score (nSPS) is 11.7. The van der Waals surface area contributed by atoms with Gasteiger partial charge in [-0.1, -0.05) is 18.2 Å². The van der Waals surface area contributed by atoms with Gasteiger partial charge in [0.25, 0.3) is 5.91 Å². The molecule has 1 atom stereocenters. The van der Waals surface area contributed by atoms with Gasteiger partial charge in [0.05, 0.1) is 5.56 Å². The molecule has 0 aliphatic carbocycles. The Morgan fingerprint density at radius 1 is 1.03 bits per heavy atom. The van der Waals surface area contributed by atoms with E-state index in [1.165, 1.54) is 22.9 Å². The van der Waals surface area contributed by atoms with Gasteiger partial charge in [0, 0.05) is 23.8 Å². The van der Waals surface area contributed by atoms with Gasteiger partial charge in [-0.15, -0.1) is 0 Å². The fourth-order valence-corrected chi connectivity index (χ4v) is 2.60. The number of carbonyl (C=O) groups is 2. The fraction of sp³-hybridized carbons (Fsp3) is 0.150. The van der Waals surface area contributed by atoms with Crippen molar-refractivity contribution in [2.45, 2.75) is 19.6 Å². The summed E-state index contributed by atoms with van der Waals surface area (Å²) in [6, 6.07) is 13.4. The van der Waals surface area contributed by atoms with E-state index in [0.717, 1.165) is 0 Å². The Hall–Kier alpha value is -3.75. The number of anilines is 2. The molecule has 29 heavy (non-hydrogen) atoms. The molecule has 3 aromatic rings. The predicted molar refractivity (Wildman–Crippen MR) is 103 cm³/mol. The van der Waals surface area contributed by atoms with Gasteiger partial charge in [-0.3, -0.25) is 14.3 Å². The van der Waals surface area contributed by atoms with Crippen molar-refractivity contribution in [3.8, 4) is 5.75 Å². The predicted octanol–water partition coefficient (Wildman–Crippen LogP) is 3.94. The molecule has 150 valence electrons. The van der Waals surface area contributed by atoms with Crippen LogP contribution in [0.5, 0.6) is 5.75 Å². The topological polar surface area (TPSA) is 85.3 Å². The number of ether oxygens (including phenoxy) is 1. The van der Waals surface area contributed by atoms with Crippen molar-refractivity contribution in [3.63, 3.8) is 0 Å². The Labute approximate surface area is 165 Å². The summed E-state index contributed by atoms with van der Waals surface area (Å²) < 4.78 is 31.0. The number of aromatic nitrogens is 2. The lowest BCUT2D eigenvalue weighted by molar-refractivity contribution is -0.119. The summed E-state index contributed by atoms with van der Waals surface area (Å²) in [7, 11) is 0. The number of benzene rings is 2. The smallest absolute Gasteiger partial charge is 0.387 e. The highest BCUT2D eigenvalue weighted by molar-refractivity contribution is 6.06. The summed E-state index contributed by atoms with van der Waals surface area (Å²) in [6.07, 6.45) is 3.26. The van der Waals surface area contributed by atoms with Crippen LogP contribution in [0, 0.1) is 0 Å².